The van der Waals surface area contributed by atoms with Crippen molar-refractivity contribution >= 4 is 23.6 Å². The van der Waals surface area contributed by atoms with Crippen LogP contribution in [0.4, 0.5) is 0 Å². The topological polar surface area (TPSA) is 111 Å². The molecule has 0 saturated heterocycles. The summed E-state index contributed by atoms with van der Waals surface area (Å²) in [7, 11) is 0. The molecule has 3 unspecified atom stereocenters. The van der Waals surface area contributed by atoms with Gasteiger partial charge in [-0.25, -0.2) is 4.79 Å². The van der Waals surface area contributed by atoms with E-state index in [9.17, 15) is 19.2 Å². The van der Waals surface area contributed by atoms with Crippen LogP contribution in [-0.4, -0.2) is 48.4 Å². The highest BCUT2D eigenvalue weighted by Gasteiger charge is 2.31. The van der Waals surface area contributed by atoms with Gasteiger partial charge >= 0.3 is 5.97 Å². The molecule has 0 aliphatic rings. The Labute approximate surface area is 184 Å². The molecule has 0 aliphatic heterocycles. The van der Waals surface area contributed by atoms with Gasteiger partial charge in [-0.1, -0.05) is 45.9 Å². The van der Waals surface area contributed by atoms with E-state index in [1.807, 2.05) is 26.8 Å². The van der Waals surface area contributed by atoms with Gasteiger partial charge in [-0.05, 0) is 44.2 Å². The summed E-state index contributed by atoms with van der Waals surface area (Å²) < 4.78 is 10.5. The Morgan fingerprint density at radius 3 is 2.00 bits per heavy atom. The average Bonchev–Trinajstić information content (AvgIpc) is 2.75. The fraction of sp³-hybridized carbons (Fsp3) is 0.565. The van der Waals surface area contributed by atoms with Gasteiger partial charge in [0.1, 0.15) is 11.8 Å². The summed E-state index contributed by atoms with van der Waals surface area (Å²) in [5.41, 5.74) is 0. The molecule has 3 atom stereocenters. The minimum absolute atomic E-state index is 0.0702. The van der Waals surface area contributed by atoms with Crippen molar-refractivity contribution in [1.82, 2.24) is 10.6 Å². The number of ketones is 1. The number of hydrogen-bond donors (Lipinski definition) is 2. The molecule has 0 heterocycles. The second-order valence-corrected chi connectivity index (χ2v) is 7.57. The maximum absolute atomic E-state index is 12.9. The summed E-state index contributed by atoms with van der Waals surface area (Å²) >= 11 is 0. The molecule has 2 N–H and O–H groups in total. The SMILES string of the molecule is CCOC(=O)C(=O)C(CC)NC(=O)C(CC(C)C)NC(=O)C(CC)Oc1ccccc1. The number of rotatable bonds is 13. The Kier molecular flexibility index (Phi) is 11.3. The Hall–Kier alpha value is -2.90. The number of Topliss-reactive ketones (excluding diaryl/α,β-unsaturated/α-hetero) is 1. The van der Waals surface area contributed by atoms with Gasteiger partial charge in [-0.15, -0.1) is 0 Å². The molecule has 172 valence electrons. The van der Waals surface area contributed by atoms with Crippen LogP contribution in [0.1, 0.15) is 53.9 Å². The van der Waals surface area contributed by atoms with Gasteiger partial charge in [-0.3, -0.25) is 14.4 Å². The molecule has 1 rings (SSSR count). The third-order valence-electron chi connectivity index (χ3n) is 4.54. The summed E-state index contributed by atoms with van der Waals surface area (Å²) in [6.07, 6.45) is 0.229. The number of benzene rings is 1. The van der Waals surface area contributed by atoms with E-state index in [2.05, 4.69) is 10.6 Å². The Balaban J connectivity index is 2.87. The maximum Gasteiger partial charge on any atom is 0.376 e. The Morgan fingerprint density at radius 2 is 1.48 bits per heavy atom. The number of hydrogen-bond acceptors (Lipinski definition) is 6. The lowest BCUT2D eigenvalue weighted by atomic mass is 10.0. The highest BCUT2D eigenvalue weighted by atomic mass is 16.5. The molecular formula is C23H34N2O6. The van der Waals surface area contributed by atoms with E-state index in [-0.39, 0.29) is 18.9 Å². The van der Waals surface area contributed by atoms with Crippen LogP contribution >= 0.6 is 0 Å². The first-order valence-corrected chi connectivity index (χ1v) is 10.8. The quantitative estimate of drug-likeness (QED) is 0.364. The summed E-state index contributed by atoms with van der Waals surface area (Å²) in [4.78, 5) is 49.6. The third kappa shape index (κ3) is 8.78. The van der Waals surface area contributed by atoms with Gasteiger partial charge < -0.3 is 20.1 Å². The Morgan fingerprint density at radius 1 is 0.871 bits per heavy atom. The smallest absolute Gasteiger partial charge is 0.376 e. The molecule has 8 heteroatoms. The number of carbonyl (C=O) groups is 4. The summed E-state index contributed by atoms with van der Waals surface area (Å²) in [5.74, 6) is -2.09. The van der Waals surface area contributed by atoms with Crippen molar-refractivity contribution in [1.29, 1.82) is 0 Å². The fourth-order valence-electron chi connectivity index (χ4n) is 2.92. The molecule has 8 nitrogen and oxygen atoms in total. The summed E-state index contributed by atoms with van der Waals surface area (Å²) in [5, 5.41) is 5.32. The lowest BCUT2D eigenvalue weighted by molar-refractivity contribution is -0.154. The lowest BCUT2D eigenvalue weighted by Gasteiger charge is -2.25. The predicted molar refractivity (Wildman–Crippen MR) is 116 cm³/mol. The summed E-state index contributed by atoms with van der Waals surface area (Å²) in [6.45, 7) is 9.01. The van der Waals surface area contributed by atoms with Gasteiger partial charge in [0.15, 0.2) is 6.10 Å². The predicted octanol–water partition coefficient (Wildman–Crippen LogP) is 2.40. The van der Waals surface area contributed by atoms with Crippen LogP contribution < -0.4 is 15.4 Å². The fourth-order valence-corrected chi connectivity index (χ4v) is 2.92. The lowest BCUT2D eigenvalue weighted by Crippen LogP contribution is -2.54. The van der Waals surface area contributed by atoms with Gasteiger partial charge in [-0.2, -0.15) is 0 Å². The largest absolute Gasteiger partial charge is 0.481 e. The highest BCUT2D eigenvalue weighted by molar-refractivity contribution is 6.36. The van der Waals surface area contributed by atoms with Crippen LogP contribution in [0, 0.1) is 5.92 Å². The van der Waals surface area contributed by atoms with Crippen molar-refractivity contribution < 1.29 is 28.7 Å². The van der Waals surface area contributed by atoms with E-state index in [1.54, 1.807) is 38.1 Å². The van der Waals surface area contributed by atoms with Crippen LogP contribution in [0.3, 0.4) is 0 Å². The first-order chi connectivity index (χ1) is 14.7. The monoisotopic (exact) mass is 434 g/mol. The van der Waals surface area contributed by atoms with E-state index < -0.39 is 41.8 Å². The van der Waals surface area contributed by atoms with Crippen molar-refractivity contribution in [3.05, 3.63) is 30.3 Å². The normalized spacial score (nSPS) is 13.6. The molecule has 0 aromatic heterocycles. The van der Waals surface area contributed by atoms with Crippen molar-refractivity contribution in [3.8, 4) is 5.75 Å². The van der Waals surface area contributed by atoms with Crippen LogP contribution in [0.5, 0.6) is 5.75 Å². The third-order valence-corrected chi connectivity index (χ3v) is 4.54. The number of amides is 2. The second kappa shape index (κ2) is 13.4. The van der Waals surface area contributed by atoms with Gasteiger partial charge in [0, 0.05) is 0 Å². The van der Waals surface area contributed by atoms with E-state index in [1.165, 1.54) is 0 Å². The molecule has 0 fully saturated rings. The van der Waals surface area contributed by atoms with Gasteiger partial charge in [0.05, 0.1) is 12.6 Å². The van der Waals surface area contributed by atoms with Gasteiger partial charge in [0.25, 0.3) is 11.7 Å². The molecule has 31 heavy (non-hydrogen) atoms. The van der Waals surface area contributed by atoms with Crippen molar-refractivity contribution in [3.63, 3.8) is 0 Å². The minimum Gasteiger partial charge on any atom is -0.481 e. The molecule has 1 aromatic carbocycles. The first-order valence-electron chi connectivity index (χ1n) is 10.8. The van der Waals surface area contributed by atoms with E-state index in [0.717, 1.165) is 0 Å². The molecule has 0 spiro atoms. The van der Waals surface area contributed by atoms with Crippen molar-refractivity contribution in [2.75, 3.05) is 6.61 Å². The molecule has 0 bridgehead atoms. The van der Waals surface area contributed by atoms with Crippen molar-refractivity contribution in [2.24, 2.45) is 5.92 Å². The highest BCUT2D eigenvalue weighted by Crippen LogP contribution is 2.14. The van der Waals surface area contributed by atoms with Crippen LogP contribution in [-0.2, 0) is 23.9 Å². The maximum atomic E-state index is 12.9. The average molecular weight is 435 g/mol. The van der Waals surface area contributed by atoms with E-state index in [0.29, 0.717) is 18.6 Å². The molecule has 1 aromatic rings. The standard InChI is InChI=1S/C23H34N2O6/c1-6-17(20(26)23(29)30-8-3)24-21(27)18(14-15(4)5)25-22(28)19(7-2)31-16-12-10-9-11-13-16/h9-13,15,17-19H,6-8,14H2,1-5H3,(H,24,27)(H,25,28). The zero-order chi connectivity index (χ0) is 23.4. The zero-order valence-electron chi connectivity index (χ0n) is 19.0. The zero-order valence-corrected chi connectivity index (χ0v) is 19.0. The van der Waals surface area contributed by atoms with Crippen LogP contribution in [0.2, 0.25) is 0 Å². The van der Waals surface area contributed by atoms with Crippen LogP contribution in [0.15, 0.2) is 30.3 Å². The van der Waals surface area contributed by atoms with Crippen molar-refractivity contribution in [2.45, 2.75) is 72.1 Å². The number of esters is 1. The summed E-state index contributed by atoms with van der Waals surface area (Å²) in [6, 6.07) is 7.08. The molecule has 0 radical (unpaired) electrons. The number of nitrogens with one attached hydrogen (secondary N) is 2. The molecule has 2 amide bonds. The van der Waals surface area contributed by atoms with E-state index in [4.69, 9.17) is 9.47 Å². The molecule has 0 saturated carbocycles. The number of carbonyl (C=O) groups excluding carboxylic acids is 4. The molecular weight excluding hydrogens is 400 g/mol. The van der Waals surface area contributed by atoms with Gasteiger partial charge in [0.2, 0.25) is 5.91 Å². The second-order valence-electron chi connectivity index (χ2n) is 7.57. The Bertz CT molecular complexity index is 735. The minimum atomic E-state index is -1.01. The molecule has 0 aliphatic carbocycles. The number of ether oxygens (including phenoxy) is 2. The first kappa shape index (κ1) is 26.1. The number of para-hydroxylation sites is 1. The van der Waals surface area contributed by atoms with E-state index >= 15 is 0 Å². The van der Waals surface area contributed by atoms with Crippen LogP contribution in [0.25, 0.3) is 0 Å².